The van der Waals surface area contributed by atoms with Gasteiger partial charge in [-0.05, 0) is 29.9 Å². The van der Waals surface area contributed by atoms with Gasteiger partial charge in [0.15, 0.2) is 0 Å². The fraction of sp³-hybridized carbons (Fsp3) is 0.476. The maximum Gasteiger partial charge on any atom is 0.234 e. The monoisotopic (exact) mass is 354 g/mol. The van der Waals surface area contributed by atoms with Gasteiger partial charge in [0.2, 0.25) is 5.91 Å². The second-order valence-electron chi connectivity index (χ2n) is 7.32. The minimum Gasteiger partial charge on any atom is -0.339 e. The molecule has 0 spiro atoms. The van der Waals surface area contributed by atoms with Crippen molar-refractivity contribution in [3.63, 3.8) is 0 Å². The van der Waals surface area contributed by atoms with Gasteiger partial charge in [-0.3, -0.25) is 9.69 Å². The lowest BCUT2D eigenvalue weighted by molar-refractivity contribution is -0.139. The Kier molecular flexibility index (Phi) is 4.91. The first kappa shape index (κ1) is 16.8. The molecule has 25 heavy (non-hydrogen) atoms. The van der Waals surface area contributed by atoms with Crippen molar-refractivity contribution in [1.82, 2.24) is 9.80 Å². The average molecular weight is 355 g/mol. The average Bonchev–Trinajstić information content (AvgIpc) is 3.35. The van der Waals surface area contributed by atoms with Crippen molar-refractivity contribution < 1.29 is 4.79 Å². The molecule has 1 saturated carbocycles. The van der Waals surface area contributed by atoms with Crippen molar-refractivity contribution in [3.8, 4) is 0 Å². The van der Waals surface area contributed by atoms with Gasteiger partial charge in [-0.25, -0.2) is 0 Å². The Morgan fingerprint density at radius 1 is 0.960 bits per heavy atom. The van der Waals surface area contributed by atoms with Crippen LogP contribution in [0.1, 0.15) is 36.1 Å². The predicted molar refractivity (Wildman–Crippen MR) is 103 cm³/mol. The first-order valence-corrected chi connectivity index (χ1v) is 10.3. The van der Waals surface area contributed by atoms with Crippen LogP contribution in [-0.2, 0) is 16.8 Å². The normalized spacial score (nSPS) is 20.7. The number of hydrogen-bond donors (Lipinski definition) is 0. The highest BCUT2D eigenvalue weighted by Gasteiger charge is 2.46. The zero-order valence-electron chi connectivity index (χ0n) is 14.7. The van der Waals surface area contributed by atoms with E-state index in [4.69, 9.17) is 0 Å². The Balaban J connectivity index is 1.41. The molecular formula is C21H26N2OS. The maximum atomic E-state index is 13.4. The van der Waals surface area contributed by atoms with E-state index in [1.54, 1.807) is 11.3 Å². The first-order chi connectivity index (χ1) is 12.3. The smallest absolute Gasteiger partial charge is 0.234 e. The summed E-state index contributed by atoms with van der Waals surface area (Å²) in [4.78, 5) is 19.3. The molecule has 2 fully saturated rings. The van der Waals surface area contributed by atoms with Gasteiger partial charge in [-0.2, -0.15) is 0 Å². The number of nitrogens with zero attached hydrogens (tertiary/aromatic N) is 2. The molecule has 0 N–H and O–H groups in total. The summed E-state index contributed by atoms with van der Waals surface area (Å²) in [5, 5.41) is 2.11. The van der Waals surface area contributed by atoms with E-state index in [9.17, 15) is 4.79 Å². The Hall–Kier alpha value is -1.65. The van der Waals surface area contributed by atoms with Gasteiger partial charge in [0, 0.05) is 37.6 Å². The van der Waals surface area contributed by atoms with E-state index < -0.39 is 0 Å². The highest BCUT2D eigenvalue weighted by molar-refractivity contribution is 7.10. The van der Waals surface area contributed by atoms with Gasteiger partial charge in [-0.1, -0.05) is 49.2 Å². The minimum absolute atomic E-state index is 0.226. The molecule has 4 rings (SSSR count). The van der Waals surface area contributed by atoms with Crippen LogP contribution in [0.4, 0.5) is 0 Å². The summed E-state index contributed by atoms with van der Waals surface area (Å²) < 4.78 is 0. The summed E-state index contributed by atoms with van der Waals surface area (Å²) in [6.07, 6.45) is 4.41. The molecular weight excluding hydrogens is 328 g/mol. The molecule has 1 aliphatic heterocycles. The highest BCUT2D eigenvalue weighted by Crippen LogP contribution is 2.44. The molecule has 2 heterocycles. The lowest BCUT2D eigenvalue weighted by Crippen LogP contribution is -2.53. The largest absolute Gasteiger partial charge is 0.339 e. The molecule has 0 radical (unpaired) electrons. The fourth-order valence-corrected chi connectivity index (χ4v) is 5.33. The number of amides is 1. The summed E-state index contributed by atoms with van der Waals surface area (Å²) in [5.41, 5.74) is 1.13. The summed E-state index contributed by atoms with van der Waals surface area (Å²) in [6.45, 7) is 4.65. The van der Waals surface area contributed by atoms with Gasteiger partial charge in [0.25, 0.3) is 0 Å². The molecule has 3 nitrogen and oxygen atoms in total. The Bertz CT molecular complexity index is 684. The van der Waals surface area contributed by atoms with Crippen LogP contribution in [0.25, 0.3) is 0 Å². The lowest BCUT2D eigenvalue weighted by Gasteiger charge is -2.39. The zero-order valence-corrected chi connectivity index (χ0v) is 15.5. The molecule has 132 valence electrons. The molecule has 0 unspecified atom stereocenters. The zero-order chi connectivity index (χ0) is 17.1. The molecule has 0 atom stereocenters. The maximum absolute atomic E-state index is 13.4. The van der Waals surface area contributed by atoms with Gasteiger partial charge in [0.05, 0.1) is 5.41 Å². The van der Waals surface area contributed by atoms with Crippen molar-refractivity contribution in [2.45, 2.75) is 37.6 Å². The van der Waals surface area contributed by atoms with Crippen LogP contribution in [0, 0.1) is 0 Å². The molecule has 1 aromatic carbocycles. The van der Waals surface area contributed by atoms with Crippen molar-refractivity contribution in [1.29, 1.82) is 0 Å². The van der Waals surface area contributed by atoms with Crippen LogP contribution >= 0.6 is 11.3 Å². The van der Waals surface area contributed by atoms with Gasteiger partial charge < -0.3 is 4.90 Å². The van der Waals surface area contributed by atoms with Crippen LogP contribution in [0.3, 0.4) is 0 Å². The SMILES string of the molecule is O=C(N1CCN(Cc2ccccc2)CC1)C1(c2cccs2)CCCC1. The summed E-state index contributed by atoms with van der Waals surface area (Å²) >= 11 is 1.76. The number of benzene rings is 1. The second-order valence-corrected chi connectivity index (χ2v) is 8.27. The number of rotatable bonds is 4. The van der Waals surface area contributed by atoms with Crippen molar-refractivity contribution >= 4 is 17.2 Å². The van der Waals surface area contributed by atoms with Crippen LogP contribution in [-0.4, -0.2) is 41.9 Å². The highest BCUT2D eigenvalue weighted by atomic mass is 32.1. The fourth-order valence-electron chi connectivity index (χ4n) is 4.35. The lowest BCUT2D eigenvalue weighted by atomic mass is 9.82. The van der Waals surface area contributed by atoms with E-state index in [-0.39, 0.29) is 5.41 Å². The van der Waals surface area contributed by atoms with Crippen LogP contribution < -0.4 is 0 Å². The summed E-state index contributed by atoms with van der Waals surface area (Å²) in [7, 11) is 0. The van der Waals surface area contributed by atoms with Gasteiger partial charge in [0.1, 0.15) is 0 Å². The van der Waals surface area contributed by atoms with E-state index in [1.807, 2.05) is 0 Å². The second kappa shape index (κ2) is 7.30. The number of piperazine rings is 1. The molecule has 1 aliphatic carbocycles. The quantitative estimate of drug-likeness (QED) is 0.831. The van der Waals surface area contributed by atoms with Crippen LogP contribution in [0.15, 0.2) is 47.8 Å². The third kappa shape index (κ3) is 3.38. The van der Waals surface area contributed by atoms with E-state index in [2.05, 4.69) is 57.6 Å². The van der Waals surface area contributed by atoms with E-state index in [1.165, 1.54) is 23.3 Å². The first-order valence-electron chi connectivity index (χ1n) is 9.38. The molecule has 4 heteroatoms. The molecule has 2 aliphatic rings. The van der Waals surface area contributed by atoms with Crippen molar-refractivity contribution in [2.75, 3.05) is 26.2 Å². The van der Waals surface area contributed by atoms with Crippen LogP contribution in [0.2, 0.25) is 0 Å². The van der Waals surface area contributed by atoms with E-state index in [0.29, 0.717) is 5.91 Å². The van der Waals surface area contributed by atoms with Gasteiger partial charge in [-0.15, -0.1) is 11.3 Å². The Morgan fingerprint density at radius 2 is 1.68 bits per heavy atom. The van der Waals surface area contributed by atoms with Gasteiger partial charge >= 0.3 is 0 Å². The molecule has 2 aromatic rings. The Labute approximate surface area is 154 Å². The molecule has 0 bridgehead atoms. The standard InChI is InChI=1S/C21H26N2OS/c24-20(21(10-4-5-11-21)19-9-6-16-25-19)23-14-12-22(13-15-23)17-18-7-2-1-3-8-18/h1-3,6-9,16H,4-5,10-15,17H2. The number of carbonyl (C=O) groups is 1. The molecule has 1 aromatic heterocycles. The summed E-state index contributed by atoms with van der Waals surface area (Å²) in [6, 6.07) is 14.9. The Morgan fingerprint density at radius 3 is 2.32 bits per heavy atom. The number of hydrogen-bond acceptors (Lipinski definition) is 3. The third-order valence-corrected chi connectivity index (χ3v) is 6.84. The molecule has 1 amide bonds. The number of thiophene rings is 1. The van der Waals surface area contributed by atoms with Crippen molar-refractivity contribution in [3.05, 3.63) is 58.3 Å². The third-order valence-electron chi connectivity index (χ3n) is 5.77. The number of carbonyl (C=O) groups excluding carboxylic acids is 1. The molecule has 1 saturated heterocycles. The van der Waals surface area contributed by atoms with E-state index in [0.717, 1.165) is 45.6 Å². The summed E-state index contributed by atoms with van der Waals surface area (Å²) in [5.74, 6) is 0.381. The van der Waals surface area contributed by atoms with Crippen molar-refractivity contribution in [2.24, 2.45) is 0 Å². The topological polar surface area (TPSA) is 23.6 Å². The van der Waals surface area contributed by atoms with Crippen LogP contribution in [0.5, 0.6) is 0 Å². The van der Waals surface area contributed by atoms with E-state index >= 15 is 0 Å². The minimum atomic E-state index is -0.226. The predicted octanol–water partition coefficient (Wildman–Crippen LogP) is 3.90.